The molecular weight excluding hydrogens is 290 g/mol. The number of pyridine rings is 1. The SMILES string of the molecule is COC(=O)Nc1nc(N)c(N=Nc2ccc(O)cc2)cc1O. The van der Waals surface area contributed by atoms with E-state index in [0.29, 0.717) is 5.69 Å². The van der Waals surface area contributed by atoms with Crippen LogP contribution in [0.2, 0.25) is 0 Å². The maximum absolute atomic E-state index is 11.1. The summed E-state index contributed by atoms with van der Waals surface area (Å²) < 4.78 is 4.39. The molecule has 114 valence electrons. The average molecular weight is 303 g/mol. The van der Waals surface area contributed by atoms with Crippen molar-refractivity contribution in [1.29, 1.82) is 0 Å². The van der Waals surface area contributed by atoms with E-state index < -0.39 is 6.09 Å². The van der Waals surface area contributed by atoms with Crippen molar-refractivity contribution in [2.75, 3.05) is 18.2 Å². The Morgan fingerprint density at radius 3 is 2.59 bits per heavy atom. The minimum Gasteiger partial charge on any atom is -0.508 e. The van der Waals surface area contributed by atoms with Crippen molar-refractivity contribution in [2.45, 2.75) is 0 Å². The number of aromatic hydroxyl groups is 2. The number of carbonyl (C=O) groups is 1. The maximum Gasteiger partial charge on any atom is 0.412 e. The largest absolute Gasteiger partial charge is 0.508 e. The molecule has 1 heterocycles. The topological polar surface area (TPSA) is 142 Å². The van der Waals surface area contributed by atoms with E-state index in [1.165, 1.54) is 25.3 Å². The van der Waals surface area contributed by atoms with Gasteiger partial charge in [0.05, 0.1) is 12.8 Å². The molecule has 0 radical (unpaired) electrons. The molecule has 5 N–H and O–H groups in total. The summed E-state index contributed by atoms with van der Waals surface area (Å²) in [6.45, 7) is 0. The van der Waals surface area contributed by atoms with Crippen LogP contribution in [0.1, 0.15) is 0 Å². The molecule has 0 atom stereocenters. The van der Waals surface area contributed by atoms with Crippen molar-refractivity contribution in [2.24, 2.45) is 10.2 Å². The van der Waals surface area contributed by atoms with E-state index in [9.17, 15) is 9.90 Å². The van der Waals surface area contributed by atoms with Crippen molar-refractivity contribution >= 4 is 29.1 Å². The molecule has 0 aliphatic heterocycles. The van der Waals surface area contributed by atoms with Crippen LogP contribution in [0.15, 0.2) is 40.6 Å². The molecule has 0 unspecified atom stereocenters. The average Bonchev–Trinajstić information content (AvgIpc) is 2.50. The maximum atomic E-state index is 11.1. The first kappa shape index (κ1) is 15.0. The fraction of sp³-hybridized carbons (Fsp3) is 0.0769. The van der Waals surface area contributed by atoms with Crippen LogP contribution >= 0.6 is 0 Å². The van der Waals surface area contributed by atoms with Gasteiger partial charge in [-0.15, -0.1) is 5.11 Å². The van der Waals surface area contributed by atoms with Crippen LogP contribution in [0.5, 0.6) is 11.5 Å². The number of anilines is 2. The number of benzene rings is 1. The van der Waals surface area contributed by atoms with E-state index in [0.717, 1.165) is 0 Å². The van der Waals surface area contributed by atoms with Gasteiger partial charge in [0.15, 0.2) is 17.4 Å². The van der Waals surface area contributed by atoms with Gasteiger partial charge in [-0.05, 0) is 24.3 Å². The molecule has 9 nitrogen and oxygen atoms in total. The Morgan fingerprint density at radius 2 is 1.95 bits per heavy atom. The van der Waals surface area contributed by atoms with Crippen molar-refractivity contribution in [3.8, 4) is 11.5 Å². The Balaban J connectivity index is 2.23. The number of ether oxygens (including phenoxy) is 1. The number of methoxy groups -OCH3 is 1. The zero-order valence-electron chi connectivity index (χ0n) is 11.5. The zero-order chi connectivity index (χ0) is 16.1. The van der Waals surface area contributed by atoms with Crippen molar-refractivity contribution in [1.82, 2.24) is 4.98 Å². The van der Waals surface area contributed by atoms with Crippen LogP contribution < -0.4 is 11.1 Å². The van der Waals surface area contributed by atoms with Crippen LogP contribution in [0.4, 0.5) is 27.8 Å². The molecule has 0 bridgehead atoms. The van der Waals surface area contributed by atoms with Gasteiger partial charge in [-0.25, -0.2) is 9.78 Å². The van der Waals surface area contributed by atoms with Gasteiger partial charge in [0.2, 0.25) is 0 Å². The summed E-state index contributed by atoms with van der Waals surface area (Å²) in [7, 11) is 1.18. The predicted molar refractivity (Wildman–Crippen MR) is 78.6 cm³/mol. The third kappa shape index (κ3) is 3.60. The highest BCUT2D eigenvalue weighted by Crippen LogP contribution is 2.32. The van der Waals surface area contributed by atoms with Gasteiger partial charge in [-0.3, -0.25) is 5.32 Å². The smallest absolute Gasteiger partial charge is 0.412 e. The lowest BCUT2D eigenvalue weighted by atomic mass is 10.3. The number of aromatic nitrogens is 1. The van der Waals surface area contributed by atoms with Crippen molar-refractivity contribution < 1.29 is 19.7 Å². The van der Waals surface area contributed by atoms with Crippen LogP contribution in [-0.4, -0.2) is 28.4 Å². The number of nitrogens with one attached hydrogen (secondary N) is 1. The van der Waals surface area contributed by atoms with Crippen molar-refractivity contribution in [3.63, 3.8) is 0 Å². The summed E-state index contributed by atoms with van der Waals surface area (Å²) in [5, 5.41) is 28.9. The summed E-state index contributed by atoms with van der Waals surface area (Å²) in [6.07, 6.45) is -0.791. The highest BCUT2D eigenvalue weighted by atomic mass is 16.5. The van der Waals surface area contributed by atoms with E-state index in [2.05, 4.69) is 25.3 Å². The van der Waals surface area contributed by atoms with E-state index in [-0.39, 0.29) is 28.8 Å². The molecule has 0 saturated heterocycles. The first-order chi connectivity index (χ1) is 10.5. The van der Waals surface area contributed by atoms with Crippen LogP contribution in [0, 0.1) is 0 Å². The standard InChI is InChI=1S/C13H13N5O4/c1-22-13(21)16-12-10(20)6-9(11(14)15-12)18-17-7-2-4-8(19)5-3-7/h2-6,19-20H,1H3,(H3,14,15,16,21). The van der Waals surface area contributed by atoms with Gasteiger partial charge < -0.3 is 20.7 Å². The molecule has 0 spiro atoms. The van der Waals surface area contributed by atoms with Crippen LogP contribution in [0.25, 0.3) is 0 Å². The lowest BCUT2D eigenvalue weighted by molar-refractivity contribution is 0.186. The van der Waals surface area contributed by atoms with Gasteiger partial charge in [0.25, 0.3) is 0 Å². The summed E-state index contributed by atoms with van der Waals surface area (Å²) in [5.74, 6) is -0.407. The quantitative estimate of drug-likeness (QED) is 0.642. The van der Waals surface area contributed by atoms with Gasteiger partial charge in [-0.2, -0.15) is 5.11 Å². The number of carbonyl (C=O) groups excluding carboxylic acids is 1. The number of phenolic OH excluding ortho intramolecular Hbond substituents is 1. The lowest BCUT2D eigenvalue weighted by Gasteiger charge is -2.07. The first-order valence-electron chi connectivity index (χ1n) is 6.05. The van der Waals surface area contributed by atoms with Gasteiger partial charge in [0, 0.05) is 6.07 Å². The van der Waals surface area contributed by atoms with Crippen molar-refractivity contribution in [3.05, 3.63) is 30.3 Å². The Kier molecular flexibility index (Phi) is 4.37. The molecule has 0 saturated carbocycles. The number of phenols is 1. The molecule has 9 heteroatoms. The molecule has 1 amide bonds. The number of nitrogens with two attached hydrogens (primary N) is 1. The fourth-order valence-electron chi connectivity index (χ4n) is 1.46. The minimum absolute atomic E-state index is 0.0354. The fourth-order valence-corrected chi connectivity index (χ4v) is 1.46. The third-order valence-corrected chi connectivity index (χ3v) is 2.54. The number of rotatable bonds is 3. The van der Waals surface area contributed by atoms with Gasteiger partial charge in [-0.1, -0.05) is 0 Å². The van der Waals surface area contributed by atoms with E-state index >= 15 is 0 Å². The number of hydrogen-bond acceptors (Lipinski definition) is 8. The van der Waals surface area contributed by atoms with E-state index in [1.54, 1.807) is 12.1 Å². The number of amides is 1. The Morgan fingerprint density at radius 1 is 1.27 bits per heavy atom. The van der Waals surface area contributed by atoms with Gasteiger partial charge >= 0.3 is 6.09 Å². The molecule has 0 aliphatic carbocycles. The highest BCUT2D eigenvalue weighted by molar-refractivity contribution is 5.86. The first-order valence-corrected chi connectivity index (χ1v) is 6.05. The monoisotopic (exact) mass is 303 g/mol. The summed E-state index contributed by atoms with van der Waals surface area (Å²) >= 11 is 0. The van der Waals surface area contributed by atoms with E-state index in [4.69, 9.17) is 10.8 Å². The molecule has 2 rings (SSSR count). The number of azo groups is 1. The summed E-state index contributed by atoms with van der Waals surface area (Å²) in [4.78, 5) is 14.9. The molecule has 22 heavy (non-hydrogen) atoms. The molecule has 1 aromatic heterocycles. The minimum atomic E-state index is -0.791. The lowest BCUT2D eigenvalue weighted by Crippen LogP contribution is -2.12. The molecular formula is C13H13N5O4. The van der Waals surface area contributed by atoms with Gasteiger partial charge in [0.1, 0.15) is 11.4 Å². The second-order valence-corrected chi connectivity index (χ2v) is 4.09. The summed E-state index contributed by atoms with van der Waals surface area (Å²) in [5.41, 5.74) is 6.29. The normalized spacial score (nSPS) is 10.6. The molecule has 0 fully saturated rings. The number of hydrogen-bond donors (Lipinski definition) is 4. The Labute approximate surface area is 125 Å². The second-order valence-electron chi connectivity index (χ2n) is 4.09. The highest BCUT2D eigenvalue weighted by Gasteiger charge is 2.12. The molecule has 1 aromatic carbocycles. The van der Waals surface area contributed by atoms with Crippen LogP contribution in [0.3, 0.4) is 0 Å². The third-order valence-electron chi connectivity index (χ3n) is 2.54. The number of nitrogens with zero attached hydrogens (tertiary/aromatic N) is 3. The number of nitrogen functional groups attached to an aromatic ring is 1. The van der Waals surface area contributed by atoms with E-state index in [1.807, 2.05) is 0 Å². The second kappa shape index (κ2) is 6.39. The Hall–Kier alpha value is -3.36. The predicted octanol–water partition coefficient (Wildman–Crippen LogP) is 2.67. The molecule has 2 aromatic rings. The summed E-state index contributed by atoms with van der Waals surface area (Å²) in [6, 6.07) is 7.22. The van der Waals surface area contributed by atoms with Crippen LogP contribution in [-0.2, 0) is 4.74 Å². The Bertz CT molecular complexity index is 715. The molecule has 0 aliphatic rings. The zero-order valence-corrected chi connectivity index (χ0v) is 11.5.